The summed E-state index contributed by atoms with van der Waals surface area (Å²) in [4.78, 5) is 0. The Balaban J connectivity index is 1.25. The monoisotopic (exact) mass is 490 g/mol. The van der Waals surface area contributed by atoms with Crippen molar-refractivity contribution >= 4 is 8.80 Å². The SMILES string of the molecule is CCC[Si@H]1CC[C@H](CCC2CCC(c3ccc(-c4ccc(C(F)(F)F)c(F)c4)cc3)CC2)CC1. The van der Waals surface area contributed by atoms with Gasteiger partial charge in [-0.25, -0.2) is 4.39 Å². The first kappa shape index (κ1) is 25.5. The van der Waals surface area contributed by atoms with Crippen LogP contribution in [0.25, 0.3) is 11.1 Å². The molecule has 2 aromatic carbocycles. The van der Waals surface area contributed by atoms with Crippen LogP contribution in [0.3, 0.4) is 0 Å². The molecule has 0 nitrogen and oxygen atoms in total. The largest absolute Gasteiger partial charge is 0.419 e. The number of hydrogen-bond donors (Lipinski definition) is 0. The summed E-state index contributed by atoms with van der Waals surface area (Å²) in [7, 11) is -0.367. The van der Waals surface area contributed by atoms with Gasteiger partial charge in [0.1, 0.15) is 5.82 Å². The number of halogens is 4. The van der Waals surface area contributed by atoms with E-state index in [-0.39, 0.29) is 8.80 Å². The third kappa shape index (κ3) is 6.53. The second-order valence-corrected chi connectivity index (χ2v) is 14.2. The Morgan fingerprint density at radius 1 is 0.794 bits per heavy atom. The molecular formula is C29H38F4Si. The molecule has 34 heavy (non-hydrogen) atoms. The van der Waals surface area contributed by atoms with Crippen molar-refractivity contribution in [2.45, 2.75) is 94.9 Å². The van der Waals surface area contributed by atoms with Crippen LogP contribution in [0.1, 0.15) is 81.8 Å². The zero-order valence-corrected chi connectivity index (χ0v) is 21.5. The molecule has 0 amide bonds. The van der Waals surface area contributed by atoms with Crippen LogP contribution in [-0.4, -0.2) is 8.80 Å². The van der Waals surface area contributed by atoms with Crippen LogP contribution in [0.2, 0.25) is 18.1 Å². The minimum absolute atomic E-state index is 0.367. The summed E-state index contributed by atoms with van der Waals surface area (Å²) >= 11 is 0. The first-order chi connectivity index (χ1) is 16.3. The molecule has 5 heteroatoms. The van der Waals surface area contributed by atoms with Gasteiger partial charge in [0.2, 0.25) is 0 Å². The van der Waals surface area contributed by atoms with E-state index in [0.717, 1.165) is 29.5 Å². The first-order valence-electron chi connectivity index (χ1n) is 13.3. The minimum atomic E-state index is -4.67. The standard InChI is InChI=1S/C29H38F4Si/c1-2-17-34-18-15-22(16-19-34)4-3-21-5-7-23(8-6-21)24-9-11-25(12-10-24)26-13-14-27(28(30)20-26)29(31,32)33/h9-14,20-23,34H,2-8,15-19H2,1H3/t21?,22-,23?,34-. The van der Waals surface area contributed by atoms with Gasteiger partial charge in [-0.15, -0.1) is 0 Å². The summed E-state index contributed by atoms with van der Waals surface area (Å²) in [6, 6.07) is 15.9. The molecule has 0 unspecified atom stereocenters. The summed E-state index contributed by atoms with van der Waals surface area (Å²) < 4.78 is 52.4. The van der Waals surface area contributed by atoms with E-state index in [1.807, 2.05) is 12.1 Å². The molecule has 2 aromatic rings. The lowest BCUT2D eigenvalue weighted by atomic mass is 9.76. The normalized spacial score (nSPS) is 25.9. The molecule has 0 aromatic heterocycles. The molecule has 0 atom stereocenters. The average Bonchev–Trinajstić information content (AvgIpc) is 2.83. The molecule has 1 aliphatic carbocycles. The van der Waals surface area contributed by atoms with E-state index >= 15 is 0 Å². The summed E-state index contributed by atoms with van der Waals surface area (Å²) in [6.07, 6.45) is 7.60. The number of rotatable bonds is 7. The fourth-order valence-electron chi connectivity index (χ4n) is 6.35. The van der Waals surface area contributed by atoms with Crippen LogP contribution in [-0.2, 0) is 6.18 Å². The van der Waals surface area contributed by atoms with Gasteiger partial charge < -0.3 is 0 Å². The Bertz CT molecular complexity index is 905. The van der Waals surface area contributed by atoms with Crippen LogP contribution in [0.15, 0.2) is 42.5 Å². The van der Waals surface area contributed by atoms with Gasteiger partial charge in [0, 0.05) is 8.80 Å². The second kappa shape index (κ2) is 11.4. The summed E-state index contributed by atoms with van der Waals surface area (Å²) in [5.74, 6) is 1.20. The molecule has 0 bridgehead atoms. The van der Waals surface area contributed by atoms with Crippen molar-refractivity contribution in [3.8, 4) is 11.1 Å². The van der Waals surface area contributed by atoms with Gasteiger partial charge in [0.05, 0.1) is 5.56 Å². The zero-order valence-electron chi connectivity index (χ0n) is 20.3. The van der Waals surface area contributed by atoms with Crippen molar-refractivity contribution in [2.75, 3.05) is 0 Å². The molecular weight excluding hydrogens is 452 g/mol. The predicted octanol–water partition coefficient (Wildman–Crippen LogP) is 9.61. The highest BCUT2D eigenvalue weighted by Crippen LogP contribution is 2.40. The molecule has 186 valence electrons. The second-order valence-electron chi connectivity index (χ2n) is 10.8. The maximum atomic E-state index is 14.0. The highest BCUT2D eigenvalue weighted by atomic mass is 28.3. The maximum Gasteiger partial charge on any atom is 0.419 e. The Hall–Kier alpha value is -1.62. The first-order valence-corrected chi connectivity index (χ1v) is 15.8. The Morgan fingerprint density at radius 3 is 1.94 bits per heavy atom. The number of benzene rings is 2. The number of hydrogen-bond acceptors (Lipinski definition) is 0. The highest BCUT2D eigenvalue weighted by molar-refractivity contribution is 6.58. The molecule has 0 radical (unpaired) electrons. The zero-order chi connectivity index (χ0) is 24.1. The fraction of sp³-hybridized carbons (Fsp3) is 0.586. The fourth-order valence-corrected chi connectivity index (χ4v) is 9.91. The van der Waals surface area contributed by atoms with Gasteiger partial charge >= 0.3 is 6.18 Å². The van der Waals surface area contributed by atoms with Crippen LogP contribution >= 0.6 is 0 Å². The molecule has 1 saturated carbocycles. The lowest BCUT2D eigenvalue weighted by molar-refractivity contribution is -0.139. The molecule has 1 saturated heterocycles. The van der Waals surface area contributed by atoms with Crippen LogP contribution in [0.5, 0.6) is 0 Å². The summed E-state index contributed by atoms with van der Waals surface area (Å²) in [5, 5.41) is 0. The molecule has 0 N–H and O–H groups in total. The number of alkyl halides is 3. The van der Waals surface area contributed by atoms with Crippen LogP contribution in [0, 0.1) is 17.7 Å². The molecule has 2 aliphatic rings. The smallest absolute Gasteiger partial charge is 0.206 e. The van der Waals surface area contributed by atoms with Gasteiger partial charge in [-0.05, 0) is 72.3 Å². The van der Waals surface area contributed by atoms with E-state index in [4.69, 9.17) is 0 Å². The summed E-state index contributed by atoms with van der Waals surface area (Å²) in [6.45, 7) is 2.34. The molecule has 4 rings (SSSR count). The van der Waals surface area contributed by atoms with Crippen molar-refractivity contribution in [1.29, 1.82) is 0 Å². The predicted molar refractivity (Wildman–Crippen MR) is 135 cm³/mol. The molecule has 1 aliphatic heterocycles. The van der Waals surface area contributed by atoms with Gasteiger partial charge in [-0.1, -0.05) is 87.5 Å². The minimum Gasteiger partial charge on any atom is -0.206 e. The van der Waals surface area contributed by atoms with Crippen molar-refractivity contribution in [3.05, 3.63) is 59.4 Å². The topological polar surface area (TPSA) is 0 Å². The van der Waals surface area contributed by atoms with E-state index in [9.17, 15) is 17.6 Å². The van der Waals surface area contributed by atoms with Gasteiger partial charge in [0.25, 0.3) is 0 Å². The Labute approximate surface area is 203 Å². The molecule has 2 fully saturated rings. The lowest BCUT2D eigenvalue weighted by Gasteiger charge is -2.32. The van der Waals surface area contributed by atoms with E-state index in [1.165, 1.54) is 69.4 Å². The van der Waals surface area contributed by atoms with E-state index in [0.29, 0.717) is 11.5 Å². The van der Waals surface area contributed by atoms with Gasteiger partial charge in [-0.2, -0.15) is 13.2 Å². The Morgan fingerprint density at radius 2 is 1.38 bits per heavy atom. The van der Waals surface area contributed by atoms with Gasteiger partial charge in [0.15, 0.2) is 0 Å². The van der Waals surface area contributed by atoms with Crippen molar-refractivity contribution in [2.24, 2.45) is 11.8 Å². The van der Waals surface area contributed by atoms with Gasteiger partial charge in [-0.3, -0.25) is 0 Å². The lowest BCUT2D eigenvalue weighted by Crippen LogP contribution is -2.22. The summed E-state index contributed by atoms with van der Waals surface area (Å²) in [5.41, 5.74) is 1.32. The van der Waals surface area contributed by atoms with Crippen LogP contribution < -0.4 is 0 Å². The molecule has 0 spiro atoms. The van der Waals surface area contributed by atoms with E-state index in [2.05, 4.69) is 19.1 Å². The maximum absolute atomic E-state index is 14.0. The highest BCUT2D eigenvalue weighted by Gasteiger charge is 2.34. The average molecular weight is 491 g/mol. The molecule has 1 heterocycles. The van der Waals surface area contributed by atoms with E-state index < -0.39 is 17.6 Å². The third-order valence-electron chi connectivity index (χ3n) is 8.48. The quantitative estimate of drug-likeness (QED) is 0.268. The third-order valence-corrected chi connectivity index (χ3v) is 12.2. The Kier molecular flexibility index (Phi) is 8.55. The van der Waals surface area contributed by atoms with Crippen molar-refractivity contribution in [3.63, 3.8) is 0 Å². The van der Waals surface area contributed by atoms with Crippen molar-refractivity contribution < 1.29 is 17.6 Å². The van der Waals surface area contributed by atoms with E-state index in [1.54, 1.807) is 18.1 Å². The van der Waals surface area contributed by atoms with Crippen molar-refractivity contribution in [1.82, 2.24) is 0 Å². The van der Waals surface area contributed by atoms with Crippen LogP contribution in [0.4, 0.5) is 17.6 Å².